The quantitative estimate of drug-likeness (QED) is 0.169. The molecule has 0 fully saturated rings. The summed E-state index contributed by atoms with van der Waals surface area (Å²) in [6.45, 7) is 2.95. The molecular formula is C33H32BrCl2N3O4S. The Bertz CT molecular complexity index is 1670. The lowest BCUT2D eigenvalue weighted by Gasteiger charge is -2.34. The maximum absolute atomic E-state index is 14.5. The number of halogens is 3. The first-order valence-electron chi connectivity index (χ1n) is 13.9. The lowest BCUT2D eigenvalue weighted by atomic mass is 10.0. The molecule has 0 heterocycles. The van der Waals surface area contributed by atoms with Gasteiger partial charge >= 0.3 is 0 Å². The van der Waals surface area contributed by atoms with Crippen LogP contribution in [0.15, 0.2) is 112 Å². The zero-order valence-electron chi connectivity index (χ0n) is 24.2. The number of nitrogens with one attached hydrogen (secondary N) is 1. The highest BCUT2D eigenvalue weighted by Gasteiger charge is 2.35. The van der Waals surface area contributed by atoms with Gasteiger partial charge in [0.1, 0.15) is 12.6 Å². The van der Waals surface area contributed by atoms with Gasteiger partial charge in [0.05, 0.1) is 10.6 Å². The summed E-state index contributed by atoms with van der Waals surface area (Å²) in [7, 11) is -4.19. The summed E-state index contributed by atoms with van der Waals surface area (Å²) in [5.74, 6) is -0.996. The molecule has 230 valence electrons. The molecule has 44 heavy (non-hydrogen) atoms. The molecule has 2 amide bonds. The van der Waals surface area contributed by atoms with E-state index in [0.29, 0.717) is 15.6 Å². The van der Waals surface area contributed by atoms with Crippen molar-refractivity contribution < 1.29 is 18.0 Å². The van der Waals surface area contributed by atoms with E-state index >= 15 is 0 Å². The summed E-state index contributed by atoms with van der Waals surface area (Å²) in [4.78, 5) is 29.6. The number of anilines is 1. The summed E-state index contributed by atoms with van der Waals surface area (Å²) in [6.07, 6.45) is 0.178. The Morgan fingerprint density at radius 3 is 1.95 bits per heavy atom. The van der Waals surface area contributed by atoms with E-state index in [1.807, 2.05) is 44.2 Å². The van der Waals surface area contributed by atoms with E-state index in [4.69, 9.17) is 23.2 Å². The van der Waals surface area contributed by atoms with Crippen molar-refractivity contribution in [3.05, 3.63) is 129 Å². The number of nitrogens with zero attached hydrogens (tertiary/aromatic N) is 2. The highest BCUT2D eigenvalue weighted by molar-refractivity contribution is 9.10. The average molecular weight is 718 g/mol. The van der Waals surface area contributed by atoms with Gasteiger partial charge in [0.2, 0.25) is 11.8 Å². The van der Waals surface area contributed by atoms with Crippen LogP contribution in [-0.2, 0) is 32.6 Å². The topological polar surface area (TPSA) is 86.8 Å². The molecule has 0 aliphatic rings. The molecule has 4 rings (SSSR count). The molecule has 0 radical (unpaired) electrons. The molecule has 1 atom stereocenters. The molecule has 1 N–H and O–H groups in total. The van der Waals surface area contributed by atoms with Crippen molar-refractivity contribution >= 4 is 66.7 Å². The summed E-state index contributed by atoms with van der Waals surface area (Å²) in [6, 6.07) is 27.6. The van der Waals surface area contributed by atoms with Gasteiger partial charge in [0, 0.05) is 39.1 Å². The van der Waals surface area contributed by atoms with Crippen LogP contribution in [0.4, 0.5) is 5.69 Å². The van der Waals surface area contributed by atoms with Crippen molar-refractivity contribution in [2.24, 2.45) is 0 Å². The van der Waals surface area contributed by atoms with Crippen LogP contribution < -0.4 is 9.62 Å². The van der Waals surface area contributed by atoms with Gasteiger partial charge in [-0.15, -0.1) is 0 Å². The third-order valence-corrected chi connectivity index (χ3v) is 9.84. The van der Waals surface area contributed by atoms with Gasteiger partial charge in [-0.3, -0.25) is 13.9 Å². The van der Waals surface area contributed by atoms with E-state index in [1.165, 1.54) is 17.0 Å². The standard InChI is InChI=1S/C33H32BrCl2N3O4S/c1-23(2)37-33(41)31(20-24-10-5-3-6-11-24)38(21-28-29(35)14-9-15-30(28)36)32(40)22-39(26-18-16-25(34)17-19-26)44(42,43)27-12-7-4-8-13-27/h3-19,23,31H,20-22H2,1-2H3,(H,37,41)/t31-/m0/s1. The number of hydrogen-bond donors (Lipinski definition) is 1. The molecule has 4 aromatic carbocycles. The summed E-state index contributed by atoms with van der Waals surface area (Å²) >= 11 is 16.5. The zero-order chi connectivity index (χ0) is 31.9. The first-order chi connectivity index (χ1) is 21.0. The Kier molecular flexibility index (Phi) is 11.5. The fourth-order valence-electron chi connectivity index (χ4n) is 4.64. The van der Waals surface area contributed by atoms with Gasteiger partial charge in [-0.2, -0.15) is 0 Å². The molecule has 0 saturated carbocycles. The molecule has 0 spiro atoms. The Hall–Kier alpha value is -3.37. The second kappa shape index (κ2) is 15.1. The van der Waals surface area contributed by atoms with Crippen molar-refractivity contribution in [1.82, 2.24) is 10.2 Å². The molecule has 4 aromatic rings. The molecular weight excluding hydrogens is 685 g/mol. The fourth-order valence-corrected chi connectivity index (χ4v) is 6.86. The second-order valence-electron chi connectivity index (χ2n) is 10.4. The molecule has 11 heteroatoms. The number of sulfonamides is 1. The molecule has 0 aromatic heterocycles. The van der Waals surface area contributed by atoms with Crippen molar-refractivity contribution in [3.63, 3.8) is 0 Å². The van der Waals surface area contributed by atoms with Crippen molar-refractivity contribution in [1.29, 1.82) is 0 Å². The van der Waals surface area contributed by atoms with Crippen LogP contribution in [0.5, 0.6) is 0 Å². The molecule has 7 nitrogen and oxygen atoms in total. The highest BCUT2D eigenvalue weighted by atomic mass is 79.9. The third-order valence-electron chi connectivity index (χ3n) is 6.82. The van der Waals surface area contributed by atoms with E-state index in [2.05, 4.69) is 21.2 Å². The number of hydrogen-bond acceptors (Lipinski definition) is 4. The van der Waals surface area contributed by atoms with E-state index in [9.17, 15) is 18.0 Å². The predicted octanol–water partition coefficient (Wildman–Crippen LogP) is 7.12. The van der Waals surface area contributed by atoms with Crippen molar-refractivity contribution in [2.75, 3.05) is 10.8 Å². The van der Waals surface area contributed by atoms with Gasteiger partial charge in [-0.25, -0.2) is 8.42 Å². The zero-order valence-corrected chi connectivity index (χ0v) is 28.1. The van der Waals surface area contributed by atoms with E-state index in [-0.39, 0.29) is 35.5 Å². The smallest absolute Gasteiger partial charge is 0.264 e. The van der Waals surface area contributed by atoms with Crippen molar-refractivity contribution in [3.8, 4) is 0 Å². The van der Waals surface area contributed by atoms with Gasteiger partial charge in [-0.05, 0) is 67.9 Å². The largest absolute Gasteiger partial charge is 0.352 e. The normalized spacial score (nSPS) is 12.0. The SMILES string of the molecule is CC(C)NC(=O)[C@H](Cc1ccccc1)N(Cc1c(Cl)cccc1Cl)C(=O)CN(c1ccc(Br)cc1)S(=O)(=O)c1ccccc1. The Balaban J connectivity index is 1.83. The molecule has 0 bridgehead atoms. The van der Waals surface area contributed by atoms with Crippen LogP contribution in [0, 0.1) is 0 Å². The van der Waals surface area contributed by atoms with Crippen LogP contribution in [0.1, 0.15) is 25.0 Å². The minimum atomic E-state index is -4.19. The van der Waals surface area contributed by atoms with E-state index in [0.717, 1.165) is 14.3 Å². The Morgan fingerprint density at radius 2 is 1.39 bits per heavy atom. The Labute approximate surface area is 277 Å². The van der Waals surface area contributed by atoms with Gasteiger partial charge in [0.25, 0.3) is 10.0 Å². The predicted molar refractivity (Wildman–Crippen MR) is 179 cm³/mol. The number of amides is 2. The van der Waals surface area contributed by atoms with Gasteiger partial charge in [-0.1, -0.05) is 93.7 Å². The Morgan fingerprint density at radius 1 is 0.818 bits per heavy atom. The first kappa shape index (κ1) is 33.5. The lowest BCUT2D eigenvalue weighted by Crippen LogP contribution is -2.54. The molecule has 0 saturated heterocycles. The number of rotatable bonds is 12. The lowest BCUT2D eigenvalue weighted by molar-refractivity contribution is -0.140. The highest BCUT2D eigenvalue weighted by Crippen LogP contribution is 2.29. The number of carbonyl (C=O) groups is 2. The van der Waals surface area contributed by atoms with Crippen LogP contribution in [0.3, 0.4) is 0 Å². The van der Waals surface area contributed by atoms with Gasteiger partial charge in [0.15, 0.2) is 0 Å². The summed E-state index contributed by atoms with van der Waals surface area (Å²) < 4.78 is 29.8. The number of carbonyl (C=O) groups excluding carboxylic acids is 2. The molecule has 0 unspecified atom stereocenters. The number of benzene rings is 4. The van der Waals surface area contributed by atoms with E-state index in [1.54, 1.807) is 60.7 Å². The van der Waals surface area contributed by atoms with E-state index < -0.39 is 28.5 Å². The maximum atomic E-state index is 14.5. The third kappa shape index (κ3) is 8.41. The van der Waals surface area contributed by atoms with Crippen LogP contribution in [0.2, 0.25) is 10.0 Å². The van der Waals surface area contributed by atoms with Crippen LogP contribution in [-0.4, -0.2) is 43.8 Å². The van der Waals surface area contributed by atoms with Gasteiger partial charge < -0.3 is 10.2 Å². The van der Waals surface area contributed by atoms with Crippen molar-refractivity contribution in [2.45, 2.75) is 43.8 Å². The second-order valence-corrected chi connectivity index (χ2v) is 14.0. The molecule has 0 aliphatic carbocycles. The average Bonchev–Trinajstić information content (AvgIpc) is 3.00. The molecule has 0 aliphatic heterocycles. The monoisotopic (exact) mass is 715 g/mol. The fraction of sp³-hybridized carbons (Fsp3) is 0.212. The first-order valence-corrected chi connectivity index (χ1v) is 16.9. The minimum absolute atomic E-state index is 0.0230. The summed E-state index contributed by atoms with van der Waals surface area (Å²) in [5.41, 5.74) is 1.55. The summed E-state index contributed by atoms with van der Waals surface area (Å²) in [5, 5.41) is 3.56. The van der Waals surface area contributed by atoms with Crippen LogP contribution in [0.25, 0.3) is 0 Å². The minimum Gasteiger partial charge on any atom is -0.352 e. The maximum Gasteiger partial charge on any atom is 0.264 e. The van der Waals surface area contributed by atoms with Crippen LogP contribution >= 0.6 is 39.1 Å².